The van der Waals surface area contributed by atoms with E-state index in [0.717, 1.165) is 25.9 Å². The molecule has 0 unspecified atom stereocenters. The first-order chi connectivity index (χ1) is 10.1. The van der Waals surface area contributed by atoms with E-state index in [1.54, 1.807) is 6.07 Å². The Morgan fingerprint density at radius 2 is 2.33 bits per heavy atom. The summed E-state index contributed by atoms with van der Waals surface area (Å²) in [6, 6.07) is 3.15. The van der Waals surface area contributed by atoms with E-state index in [4.69, 9.17) is 0 Å². The average molecular weight is 312 g/mol. The van der Waals surface area contributed by atoms with E-state index in [1.807, 2.05) is 0 Å². The number of hydrogen-bond donors (Lipinski definition) is 3. The van der Waals surface area contributed by atoms with Crippen molar-refractivity contribution in [3.63, 3.8) is 0 Å². The van der Waals surface area contributed by atoms with Crippen LogP contribution in [0.15, 0.2) is 29.4 Å². The third kappa shape index (κ3) is 5.07. The quantitative estimate of drug-likeness (QED) is 0.665. The van der Waals surface area contributed by atoms with Gasteiger partial charge in [0, 0.05) is 37.9 Å². The standard InChI is InChI=1S/C13H20N4O3S/c18-13(17-11-3-1-6-14-9-11)5-8-16-21(19,20)12-4-2-7-15-10-12/h2,4,7,10-11,14,16H,1,3,5-6,8-9H2,(H,17,18)/t11-/m0/s1. The first-order valence-electron chi connectivity index (χ1n) is 6.98. The summed E-state index contributed by atoms with van der Waals surface area (Å²) < 4.78 is 26.2. The normalized spacial score (nSPS) is 19.1. The van der Waals surface area contributed by atoms with Crippen LogP contribution in [0, 0.1) is 0 Å². The lowest BCUT2D eigenvalue weighted by Crippen LogP contribution is -2.46. The van der Waals surface area contributed by atoms with Crippen molar-refractivity contribution in [1.82, 2.24) is 20.3 Å². The smallest absolute Gasteiger partial charge is 0.242 e. The Bertz CT molecular complexity index is 556. The second-order valence-electron chi connectivity index (χ2n) is 4.95. The molecule has 116 valence electrons. The molecule has 1 aliphatic heterocycles. The minimum Gasteiger partial charge on any atom is -0.352 e. The molecule has 3 N–H and O–H groups in total. The Hall–Kier alpha value is -1.51. The molecule has 0 spiro atoms. The molecule has 1 atom stereocenters. The van der Waals surface area contributed by atoms with Gasteiger partial charge in [-0.25, -0.2) is 13.1 Å². The number of amides is 1. The van der Waals surface area contributed by atoms with Crippen LogP contribution < -0.4 is 15.4 Å². The van der Waals surface area contributed by atoms with E-state index >= 15 is 0 Å². The first-order valence-corrected chi connectivity index (χ1v) is 8.46. The number of piperidine rings is 1. The zero-order chi connectivity index (χ0) is 15.1. The molecule has 1 amide bonds. The van der Waals surface area contributed by atoms with Gasteiger partial charge in [-0.05, 0) is 31.5 Å². The van der Waals surface area contributed by atoms with E-state index in [2.05, 4.69) is 20.3 Å². The number of carbonyl (C=O) groups is 1. The van der Waals surface area contributed by atoms with Gasteiger partial charge in [0.05, 0.1) is 0 Å². The third-order valence-corrected chi connectivity index (χ3v) is 4.70. The second kappa shape index (κ2) is 7.48. The molecule has 0 aliphatic carbocycles. The molecule has 0 aromatic carbocycles. The van der Waals surface area contributed by atoms with Gasteiger partial charge in [0.1, 0.15) is 4.90 Å². The van der Waals surface area contributed by atoms with Crippen molar-refractivity contribution < 1.29 is 13.2 Å². The van der Waals surface area contributed by atoms with Gasteiger partial charge in [-0.3, -0.25) is 9.78 Å². The Labute approximate surface area is 124 Å². The van der Waals surface area contributed by atoms with Crippen molar-refractivity contribution in [1.29, 1.82) is 0 Å². The summed E-state index contributed by atoms with van der Waals surface area (Å²) in [5.41, 5.74) is 0. The summed E-state index contributed by atoms with van der Waals surface area (Å²) in [6.45, 7) is 1.83. The highest BCUT2D eigenvalue weighted by Crippen LogP contribution is 2.05. The predicted octanol–water partition coefficient (Wildman–Crippen LogP) is -0.382. The number of pyridine rings is 1. The van der Waals surface area contributed by atoms with Gasteiger partial charge in [-0.1, -0.05) is 0 Å². The molecule has 1 aromatic rings. The van der Waals surface area contributed by atoms with Crippen LogP contribution in [0.5, 0.6) is 0 Å². The van der Waals surface area contributed by atoms with E-state index in [0.29, 0.717) is 0 Å². The van der Waals surface area contributed by atoms with Crippen LogP contribution in [0.2, 0.25) is 0 Å². The van der Waals surface area contributed by atoms with Crippen molar-refractivity contribution in [2.24, 2.45) is 0 Å². The molecular weight excluding hydrogens is 292 g/mol. The molecule has 21 heavy (non-hydrogen) atoms. The molecule has 0 saturated carbocycles. The van der Waals surface area contributed by atoms with Gasteiger partial charge < -0.3 is 10.6 Å². The molecule has 1 saturated heterocycles. The molecule has 7 nitrogen and oxygen atoms in total. The number of hydrogen-bond acceptors (Lipinski definition) is 5. The molecule has 1 aliphatic rings. The van der Waals surface area contributed by atoms with Crippen LogP contribution in [-0.4, -0.2) is 45.0 Å². The van der Waals surface area contributed by atoms with Crippen molar-refractivity contribution in [3.8, 4) is 0 Å². The number of aromatic nitrogens is 1. The van der Waals surface area contributed by atoms with Gasteiger partial charge >= 0.3 is 0 Å². The largest absolute Gasteiger partial charge is 0.352 e. The molecular formula is C13H20N4O3S. The lowest BCUT2D eigenvalue weighted by Gasteiger charge is -2.23. The number of sulfonamides is 1. The molecule has 8 heteroatoms. The number of carbonyl (C=O) groups excluding carboxylic acids is 1. The van der Waals surface area contributed by atoms with E-state index < -0.39 is 10.0 Å². The van der Waals surface area contributed by atoms with Crippen molar-refractivity contribution in [2.45, 2.75) is 30.2 Å². The Morgan fingerprint density at radius 1 is 1.48 bits per heavy atom. The van der Waals surface area contributed by atoms with E-state index in [9.17, 15) is 13.2 Å². The maximum Gasteiger partial charge on any atom is 0.242 e. The fourth-order valence-electron chi connectivity index (χ4n) is 2.16. The minimum atomic E-state index is -3.59. The lowest BCUT2D eigenvalue weighted by atomic mass is 10.1. The minimum absolute atomic E-state index is 0.0726. The maximum atomic E-state index is 11.9. The zero-order valence-corrected chi connectivity index (χ0v) is 12.5. The lowest BCUT2D eigenvalue weighted by molar-refractivity contribution is -0.121. The summed E-state index contributed by atoms with van der Waals surface area (Å²) in [4.78, 5) is 15.6. The molecule has 2 heterocycles. The van der Waals surface area contributed by atoms with Crippen molar-refractivity contribution in [3.05, 3.63) is 24.5 Å². The highest BCUT2D eigenvalue weighted by molar-refractivity contribution is 7.89. The monoisotopic (exact) mass is 312 g/mol. The maximum absolute atomic E-state index is 11.9. The Morgan fingerprint density at radius 3 is 3.00 bits per heavy atom. The van der Waals surface area contributed by atoms with Gasteiger partial charge in [0.2, 0.25) is 15.9 Å². The third-order valence-electron chi connectivity index (χ3n) is 3.25. The SMILES string of the molecule is O=C(CCNS(=O)(=O)c1cccnc1)N[C@H]1CCCNC1. The fourth-order valence-corrected chi connectivity index (χ4v) is 3.16. The van der Waals surface area contributed by atoms with Crippen LogP contribution in [-0.2, 0) is 14.8 Å². The highest BCUT2D eigenvalue weighted by atomic mass is 32.2. The summed E-state index contributed by atoms with van der Waals surface area (Å²) in [7, 11) is -3.59. The van der Waals surface area contributed by atoms with E-state index in [1.165, 1.54) is 18.5 Å². The van der Waals surface area contributed by atoms with Crippen LogP contribution in [0.1, 0.15) is 19.3 Å². The first kappa shape index (κ1) is 15.9. The predicted molar refractivity (Wildman–Crippen MR) is 78.1 cm³/mol. The molecule has 2 rings (SSSR count). The molecule has 0 bridgehead atoms. The summed E-state index contributed by atoms with van der Waals surface area (Å²) in [5, 5.41) is 6.11. The molecule has 1 aromatic heterocycles. The Kier molecular flexibility index (Phi) is 5.66. The Balaban J connectivity index is 1.74. The number of nitrogens with one attached hydrogen (secondary N) is 3. The van der Waals surface area contributed by atoms with E-state index in [-0.39, 0.29) is 29.8 Å². The van der Waals surface area contributed by atoms with Crippen molar-refractivity contribution >= 4 is 15.9 Å². The van der Waals surface area contributed by atoms with Crippen LogP contribution >= 0.6 is 0 Å². The highest BCUT2D eigenvalue weighted by Gasteiger charge is 2.17. The molecule has 0 radical (unpaired) electrons. The number of rotatable bonds is 6. The zero-order valence-electron chi connectivity index (χ0n) is 11.7. The second-order valence-corrected chi connectivity index (χ2v) is 6.71. The van der Waals surface area contributed by atoms with Gasteiger partial charge in [0.15, 0.2) is 0 Å². The molecule has 1 fully saturated rings. The summed E-state index contributed by atoms with van der Waals surface area (Å²) in [6.07, 6.45) is 4.90. The fraction of sp³-hybridized carbons (Fsp3) is 0.538. The van der Waals surface area contributed by atoms with Crippen LogP contribution in [0.4, 0.5) is 0 Å². The summed E-state index contributed by atoms with van der Waals surface area (Å²) >= 11 is 0. The van der Waals surface area contributed by atoms with Gasteiger partial charge in [-0.2, -0.15) is 0 Å². The summed E-state index contributed by atoms with van der Waals surface area (Å²) in [5.74, 6) is -0.141. The van der Waals surface area contributed by atoms with Crippen molar-refractivity contribution in [2.75, 3.05) is 19.6 Å². The topological polar surface area (TPSA) is 100 Å². The van der Waals surface area contributed by atoms with Crippen LogP contribution in [0.25, 0.3) is 0 Å². The van der Waals surface area contributed by atoms with Gasteiger partial charge in [0.25, 0.3) is 0 Å². The number of nitrogens with zero attached hydrogens (tertiary/aromatic N) is 1. The van der Waals surface area contributed by atoms with Crippen LogP contribution in [0.3, 0.4) is 0 Å². The van der Waals surface area contributed by atoms with Gasteiger partial charge in [-0.15, -0.1) is 0 Å². The average Bonchev–Trinajstić information content (AvgIpc) is 2.49.